The van der Waals surface area contributed by atoms with Crippen molar-refractivity contribution in [3.05, 3.63) is 140 Å². The molecular weight excluding hydrogens is 647 g/mol. The Kier molecular flexibility index (Phi) is 8.45. The summed E-state index contributed by atoms with van der Waals surface area (Å²) in [5.41, 5.74) is 4.70. The molecule has 12 heteroatoms. The van der Waals surface area contributed by atoms with Crippen LogP contribution in [0.1, 0.15) is 47.8 Å². The van der Waals surface area contributed by atoms with Crippen LogP contribution in [0, 0.1) is 24.0 Å². The summed E-state index contributed by atoms with van der Waals surface area (Å²) in [5, 5.41) is 13.8. The van der Waals surface area contributed by atoms with Gasteiger partial charge in [-0.1, -0.05) is 70.9 Å². The number of hydrogen-bond acceptors (Lipinski definition) is 7. The van der Waals surface area contributed by atoms with E-state index in [0.29, 0.717) is 42.7 Å². The summed E-state index contributed by atoms with van der Waals surface area (Å²) in [5.74, 6) is -0.632. The number of aromatic nitrogens is 2. The Morgan fingerprint density at radius 3 is 2.57 bits per heavy atom. The number of fused-ring (bicyclic) bond motifs is 2. The molecular formula is C34H28Cl2N4O5S. The van der Waals surface area contributed by atoms with Crippen LogP contribution < -0.4 is 14.9 Å². The third kappa shape index (κ3) is 5.46. The summed E-state index contributed by atoms with van der Waals surface area (Å²) in [6.45, 7) is 7.66. The predicted molar refractivity (Wildman–Crippen MR) is 180 cm³/mol. The zero-order valence-corrected chi connectivity index (χ0v) is 27.7. The molecule has 1 aliphatic heterocycles. The van der Waals surface area contributed by atoms with Gasteiger partial charge in [0.15, 0.2) is 4.80 Å². The second kappa shape index (κ2) is 12.4. The van der Waals surface area contributed by atoms with Crippen molar-refractivity contribution < 1.29 is 14.5 Å². The second-order valence-corrected chi connectivity index (χ2v) is 12.8. The van der Waals surface area contributed by atoms with Crippen LogP contribution in [0.25, 0.3) is 17.0 Å². The van der Waals surface area contributed by atoms with Gasteiger partial charge < -0.3 is 9.30 Å². The summed E-state index contributed by atoms with van der Waals surface area (Å²) >= 11 is 13.7. The lowest BCUT2D eigenvalue weighted by Crippen LogP contribution is -2.40. The third-order valence-electron chi connectivity index (χ3n) is 8.14. The molecule has 5 aromatic rings. The van der Waals surface area contributed by atoms with Crippen molar-refractivity contribution >= 4 is 63.2 Å². The van der Waals surface area contributed by atoms with Gasteiger partial charge in [0.2, 0.25) is 0 Å². The van der Waals surface area contributed by atoms with E-state index in [-0.39, 0.29) is 23.4 Å². The van der Waals surface area contributed by atoms with Crippen LogP contribution in [0.3, 0.4) is 0 Å². The highest BCUT2D eigenvalue weighted by atomic mass is 35.5. The van der Waals surface area contributed by atoms with Crippen LogP contribution in [-0.4, -0.2) is 26.6 Å². The maximum atomic E-state index is 14.3. The first-order valence-corrected chi connectivity index (χ1v) is 16.0. The summed E-state index contributed by atoms with van der Waals surface area (Å²) < 4.78 is 9.37. The van der Waals surface area contributed by atoms with Crippen molar-refractivity contribution in [2.75, 3.05) is 6.61 Å². The highest BCUT2D eigenvalue weighted by molar-refractivity contribution is 7.07. The Labute approximate surface area is 277 Å². The molecule has 0 fully saturated rings. The Hall–Kier alpha value is -4.51. The van der Waals surface area contributed by atoms with E-state index in [0.717, 1.165) is 27.7 Å². The van der Waals surface area contributed by atoms with E-state index in [1.165, 1.54) is 22.0 Å². The maximum Gasteiger partial charge on any atom is 0.338 e. The average molecular weight is 676 g/mol. The van der Waals surface area contributed by atoms with Crippen LogP contribution in [0.5, 0.6) is 0 Å². The first kappa shape index (κ1) is 31.5. The van der Waals surface area contributed by atoms with Gasteiger partial charge in [0.25, 0.3) is 11.2 Å². The topological polar surface area (TPSA) is 109 Å². The number of hydrogen-bond donors (Lipinski definition) is 0. The summed E-state index contributed by atoms with van der Waals surface area (Å²) in [7, 11) is 0. The number of thiazole rings is 1. The highest BCUT2D eigenvalue weighted by Crippen LogP contribution is 2.34. The molecule has 46 heavy (non-hydrogen) atoms. The minimum absolute atomic E-state index is 0.108. The Bertz CT molecular complexity index is 2300. The van der Waals surface area contributed by atoms with Crippen molar-refractivity contribution in [1.29, 1.82) is 0 Å². The number of nitrogens with zero attached hydrogens (tertiary/aromatic N) is 4. The molecule has 1 atom stereocenters. The number of carbonyl (C=O) groups is 1. The number of esters is 1. The van der Waals surface area contributed by atoms with Gasteiger partial charge in [-0.25, -0.2) is 9.79 Å². The van der Waals surface area contributed by atoms with Crippen LogP contribution in [-0.2, 0) is 16.1 Å². The number of benzene rings is 3. The molecule has 1 unspecified atom stereocenters. The molecule has 9 nitrogen and oxygen atoms in total. The molecule has 3 heterocycles. The van der Waals surface area contributed by atoms with Crippen molar-refractivity contribution in [3.8, 4) is 0 Å². The molecule has 0 N–H and O–H groups in total. The Balaban J connectivity index is 1.56. The number of aryl methyl sites for hydroxylation is 1. The van der Waals surface area contributed by atoms with E-state index < -0.39 is 16.9 Å². The molecule has 1 aliphatic rings. The monoisotopic (exact) mass is 674 g/mol. The van der Waals surface area contributed by atoms with Crippen LogP contribution in [0.4, 0.5) is 5.69 Å². The number of rotatable bonds is 7. The Morgan fingerprint density at radius 1 is 1.09 bits per heavy atom. The normalized spacial score (nSPS) is 14.8. The number of carbonyl (C=O) groups excluding carboxylic acids is 1. The van der Waals surface area contributed by atoms with E-state index in [9.17, 15) is 19.7 Å². The number of allylic oxidation sites excluding steroid dienone is 1. The van der Waals surface area contributed by atoms with Crippen molar-refractivity contribution in [2.45, 2.75) is 40.3 Å². The molecule has 0 aliphatic carbocycles. The van der Waals surface area contributed by atoms with Crippen molar-refractivity contribution in [2.24, 2.45) is 4.99 Å². The van der Waals surface area contributed by atoms with E-state index in [2.05, 4.69) is 9.56 Å². The second-order valence-electron chi connectivity index (χ2n) is 11.0. The summed E-state index contributed by atoms with van der Waals surface area (Å²) in [6.07, 6.45) is 1.85. The molecule has 0 amide bonds. The van der Waals surface area contributed by atoms with Crippen LogP contribution >= 0.6 is 34.5 Å². The van der Waals surface area contributed by atoms with Gasteiger partial charge in [0.1, 0.15) is 0 Å². The van der Waals surface area contributed by atoms with Gasteiger partial charge in [-0.05, 0) is 63.1 Å². The number of para-hydroxylation sites is 1. The van der Waals surface area contributed by atoms with E-state index in [4.69, 9.17) is 27.9 Å². The van der Waals surface area contributed by atoms with E-state index in [1.54, 1.807) is 39.0 Å². The standard InChI is InChI=1S/C34H28Cl2N4O5S/c1-5-45-33(42)30-19(3)37-34-39(31(30)22-12-10-18(2)28(15-22)40(43)44)32(41)29(46-34)16-24-20(4)38(27-9-7-6-8-23(24)27)17-21-11-13-25(35)26(36)14-21/h6-16,31H,5,17H2,1-4H3. The minimum Gasteiger partial charge on any atom is -0.463 e. The lowest BCUT2D eigenvalue weighted by molar-refractivity contribution is -0.385. The zero-order chi connectivity index (χ0) is 32.9. The Morgan fingerprint density at radius 2 is 1.85 bits per heavy atom. The van der Waals surface area contributed by atoms with Gasteiger partial charge >= 0.3 is 5.97 Å². The minimum atomic E-state index is -0.964. The molecule has 0 saturated heterocycles. The zero-order valence-electron chi connectivity index (χ0n) is 25.3. The number of nitro benzene ring substituents is 1. The molecule has 3 aromatic carbocycles. The molecule has 6 rings (SSSR count). The lowest BCUT2D eigenvalue weighted by Gasteiger charge is -2.24. The SMILES string of the molecule is CCOC(=O)C1=C(C)N=c2sc(=Cc3c(C)n(Cc4ccc(Cl)c(Cl)c4)c4ccccc34)c(=O)n2C1c1ccc(C)c([N+](=O)[O-])c1. The van der Waals surface area contributed by atoms with Gasteiger partial charge in [-0.15, -0.1) is 0 Å². The first-order valence-electron chi connectivity index (χ1n) is 14.5. The van der Waals surface area contributed by atoms with Gasteiger partial charge in [-0.2, -0.15) is 0 Å². The van der Waals surface area contributed by atoms with Gasteiger partial charge in [0, 0.05) is 40.3 Å². The molecule has 0 saturated carbocycles. The molecule has 234 valence electrons. The van der Waals surface area contributed by atoms with Crippen LogP contribution in [0.15, 0.2) is 81.7 Å². The molecule has 0 radical (unpaired) electrons. The highest BCUT2D eigenvalue weighted by Gasteiger charge is 2.34. The summed E-state index contributed by atoms with van der Waals surface area (Å²) in [4.78, 5) is 43.9. The number of halogens is 2. The number of ether oxygens (including phenoxy) is 1. The van der Waals surface area contributed by atoms with Gasteiger partial charge in [-0.3, -0.25) is 19.5 Å². The fourth-order valence-electron chi connectivity index (χ4n) is 5.90. The molecule has 0 spiro atoms. The van der Waals surface area contributed by atoms with Crippen LogP contribution in [0.2, 0.25) is 10.0 Å². The quantitative estimate of drug-likeness (QED) is 0.109. The van der Waals surface area contributed by atoms with Crippen molar-refractivity contribution in [3.63, 3.8) is 0 Å². The predicted octanol–water partition coefficient (Wildman–Crippen LogP) is 6.63. The maximum absolute atomic E-state index is 14.3. The number of nitro groups is 1. The lowest BCUT2D eigenvalue weighted by atomic mass is 9.94. The first-order chi connectivity index (χ1) is 22.0. The fraction of sp³-hybridized carbons (Fsp3) is 0.206. The smallest absolute Gasteiger partial charge is 0.338 e. The largest absolute Gasteiger partial charge is 0.463 e. The molecule has 2 aromatic heterocycles. The van der Waals surface area contributed by atoms with Crippen molar-refractivity contribution in [1.82, 2.24) is 9.13 Å². The molecule has 0 bridgehead atoms. The average Bonchev–Trinajstić information content (AvgIpc) is 3.46. The summed E-state index contributed by atoms with van der Waals surface area (Å²) in [6, 6.07) is 17.3. The van der Waals surface area contributed by atoms with E-state index in [1.807, 2.05) is 49.4 Å². The van der Waals surface area contributed by atoms with Gasteiger partial charge in [0.05, 0.1) is 43.4 Å². The fourth-order valence-corrected chi connectivity index (χ4v) is 7.24. The third-order valence-corrected chi connectivity index (χ3v) is 9.86. The van der Waals surface area contributed by atoms with E-state index >= 15 is 0 Å².